The van der Waals surface area contributed by atoms with Gasteiger partial charge in [-0.05, 0) is 60.6 Å². The minimum atomic E-state index is -0.660. The summed E-state index contributed by atoms with van der Waals surface area (Å²) in [6.07, 6.45) is 5.43. The van der Waals surface area contributed by atoms with Crippen LogP contribution in [0.3, 0.4) is 0 Å². The summed E-state index contributed by atoms with van der Waals surface area (Å²) in [5, 5.41) is 3.80. The maximum absolute atomic E-state index is 12.5. The summed E-state index contributed by atoms with van der Waals surface area (Å²) in [5.41, 5.74) is 2.99. The van der Waals surface area contributed by atoms with E-state index in [9.17, 15) is 14.4 Å². The summed E-state index contributed by atoms with van der Waals surface area (Å²) >= 11 is 7.53. The topological polar surface area (TPSA) is 90.9 Å². The molecule has 1 heterocycles. The molecule has 0 radical (unpaired) electrons. The molecule has 1 unspecified atom stereocenters. The van der Waals surface area contributed by atoms with Gasteiger partial charge in [0.05, 0.1) is 12.7 Å². The molecule has 0 fully saturated rings. The highest BCUT2D eigenvalue weighted by Crippen LogP contribution is 2.40. The van der Waals surface area contributed by atoms with E-state index in [0.29, 0.717) is 33.9 Å². The summed E-state index contributed by atoms with van der Waals surface area (Å²) in [7, 11) is 1.32. The molecule has 1 aliphatic rings. The molecular formula is C29H28ClNO6S. The van der Waals surface area contributed by atoms with Crippen LogP contribution in [-0.4, -0.2) is 31.6 Å². The van der Waals surface area contributed by atoms with Crippen LogP contribution >= 0.6 is 22.9 Å². The van der Waals surface area contributed by atoms with Crippen LogP contribution in [0.15, 0.2) is 54.6 Å². The van der Waals surface area contributed by atoms with Crippen molar-refractivity contribution in [2.75, 3.05) is 19.0 Å². The van der Waals surface area contributed by atoms with Crippen molar-refractivity contribution in [3.63, 3.8) is 0 Å². The second-order valence-corrected chi connectivity index (χ2v) is 10.5. The second kappa shape index (κ2) is 12.8. The van der Waals surface area contributed by atoms with Crippen molar-refractivity contribution in [2.24, 2.45) is 5.92 Å². The number of esters is 2. The lowest BCUT2D eigenvalue weighted by Crippen LogP contribution is -2.21. The number of benzene rings is 2. The van der Waals surface area contributed by atoms with Gasteiger partial charge in [0.15, 0.2) is 6.61 Å². The van der Waals surface area contributed by atoms with E-state index in [4.69, 9.17) is 25.8 Å². The molecule has 7 nitrogen and oxygen atoms in total. The Morgan fingerprint density at radius 1 is 1.13 bits per heavy atom. The molecule has 1 amide bonds. The standard InChI is InChI=1S/C29H28ClNO6S/c1-18-7-13-22-24(15-18)38-28(27(22)29(34)35-2)31-25(32)17-37-26(33)14-10-19-8-11-21(12-9-19)36-16-20-5-3-4-6-23(20)30/h3-6,8-12,14,18H,7,13,15-17H2,1-2H3,(H,31,32). The van der Waals surface area contributed by atoms with Gasteiger partial charge in [-0.2, -0.15) is 0 Å². The molecule has 1 aliphatic carbocycles. The molecule has 2 aromatic carbocycles. The van der Waals surface area contributed by atoms with E-state index in [2.05, 4.69) is 12.2 Å². The third kappa shape index (κ3) is 7.02. The highest BCUT2D eigenvalue weighted by molar-refractivity contribution is 7.17. The number of carbonyl (C=O) groups excluding carboxylic acids is 3. The van der Waals surface area contributed by atoms with Crippen molar-refractivity contribution in [2.45, 2.75) is 32.8 Å². The van der Waals surface area contributed by atoms with Crippen LogP contribution < -0.4 is 10.1 Å². The smallest absolute Gasteiger partial charge is 0.341 e. The number of hydrogen-bond donors (Lipinski definition) is 1. The normalized spacial score (nSPS) is 14.6. The molecule has 198 valence electrons. The molecule has 0 spiro atoms. The molecule has 38 heavy (non-hydrogen) atoms. The monoisotopic (exact) mass is 553 g/mol. The number of rotatable bonds is 9. The number of carbonyl (C=O) groups is 3. The molecular weight excluding hydrogens is 526 g/mol. The van der Waals surface area contributed by atoms with E-state index in [-0.39, 0.29) is 0 Å². The van der Waals surface area contributed by atoms with Gasteiger partial charge in [0.25, 0.3) is 5.91 Å². The highest BCUT2D eigenvalue weighted by atomic mass is 35.5. The van der Waals surface area contributed by atoms with E-state index in [1.165, 1.54) is 24.5 Å². The zero-order valence-electron chi connectivity index (χ0n) is 21.1. The van der Waals surface area contributed by atoms with Crippen LogP contribution in [0.2, 0.25) is 5.02 Å². The van der Waals surface area contributed by atoms with Crippen LogP contribution in [0.5, 0.6) is 5.75 Å². The van der Waals surface area contributed by atoms with Crippen molar-refractivity contribution in [1.82, 2.24) is 0 Å². The Bertz CT molecular complexity index is 1350. The Morgan fingerprint density at radius 2 is 1.89 bits per heavy atom. The summed E-state index contributed by atoms with van der Waals surface area (Å²) < 4.78 is 15.8. The van der Waals surface area contributed by atoms with E-state index in [1.54, 1.807) is 30.3 Å². The van der Waals surface area contributed by atoms with Crippen molar-refractivity contribution in [3.8, 4) is 5.75 Å². The zero-order valence-corrected chi connectivity index (χ0v) is 22.7. The molecule has 0 saturated carbocycles. The van der Waals surface area contributed by atoms with Crippen LogP contribution in [-0.2, 0) is 38.5 Å². The molecule has 4 rings (SSSR count). The average molecular weight is 554 g/mol. The Labute approximate surface area is 230 Å². The molecule has 0 aliphatic heterocycles. The Balaban J connectivity index is 1.28. The van der Waals surface area contributed by atoms with Gasteiger partial charge in [-0.1, -0.05) is 48.9 Å². The van der Waals surface area contributed by atoms with E-state index in [1.807, 2.05) is 24.3 Å². The Hall–Kier alpha value is -3.62. The maximum Gasteiger partial charge on any atom is 0.341 e. The van der Waals surface area contributed by atoms with Crippen molar-refractivity contribution in [1.29, 1.82) is 0 Å². The highest BCUT2D eigenvalue weighted by Gasteiger charge is 2.29. The fourth-order valence-corrected chi connectivity index (χ4v) is 5.73. The number of thiophene rings is 1. The van der Waals surface area contributed by atoms with Gasteiger partial charge >= 0.3 is 11.9 Å². The number of halogens is 1. The van der Waals surface area contributed by atoms with E-state index >= 15 is 0 Å². The van der Waals surface area contributed by atoms with E-state index in [0.717, 1.165) is 40.8 Å². The number of methoxy groups -OCH3 is 1. The number of nitrogens with one attached hydrogen (secondary N) is 1. The summed E-state index contributed by atoms with van der Waals surface area (Å²) in [4.78, 5) is 38.1. The lowest BCUT2D eigenvalue weighted by atomic mass is 9.88. The van der Waals surface area contributed by atoms with Crippen molar-refractivity contribution in [3.05, 3.63) is 86.8 Å². The third-order valence-corrected chi connectivity index (χ3v) is 7.68. The molecule has 0 saturated heterocycles. The minimum absolute atomic E-state index is 0.345. The number of amides is 1. The Kier molecular flexibility index (Phi) is 9.20. The molecule has 9 heteroatoms. The molecule has 1 N–H and O–H groups in total. The summed E-state index contributed by atoms with van der Waals surface area (Å²) in [6, 6.07) is 14.6. The number of fused-ring (bicyclic) bond motifs is 1. The largest absolute Gasteiger partial charge is 0.489 e. The summed E-state index contributed by atoms with van der Waals surface area (Å²) in [6.45, 7) is 2.03. The first-order valence-corrected chi connectivity index (χ1v) is 13.4. The average Bonchev–Trinajstić information content (AvgIpc) is 3.27. The first-order chi connectivity index (χ1) is 18.3. The van der Waals surface area contributed by atoms with Crippen LogP contribution in [0, 0.1) is 5.92 Å². The van der Waals surface area contributed by atoms with Gasteiger partial charge in [-0.3, -0.25) is 4.79 Å². The van der Waals surface area contributed by atoms with Crippen molar-refractivity contribution < 1.29 is 28.6 Å². The number of ether oxygens (including phenoxy) is 3. The molecule has 1 aromatic heterocycles. The quantitative estimate of drug-likeness (QED) is 0.255. The zero-order chi connectivity index (χ0) is 27.1. The molecule has 3 aromatic rings. The predicted octanol–water partition coefficient (Wildman–Crippen LogP) is 6.09. The number of hydrogen-bond acceptors (Lipinski definition) is 7. The van der Waals surface area contributed by atoms with Crippen LogP contribution in [0.4, 0.5) is 5.00 Å². The minimum Gasteiger partial charge on any atom is -0.489 e. The molecule has 1 atom stereocenters. The Morgan fingerprint density at radius 3 is 2.63 bits per heavy atom. The maximum atomic E-state index is 12.5. The van der Waals surface area contributed by atoms with Gasteiger partial charge < -0.3 is 19.5 Å². The van der Waals surface area contributed by atoms with Gasteiger partial charge in [0.1, 0.15) is 17.4 Å². The fourth-order valence-electron chi connectivity index (χ4n) is 4.12. The second-order valence-electron chi connectivity index (χ2n) is 8.99. The molecule has 0 bridgehead atoms. The van der Waals surface area contributed by atoms with Crippen LogP contribution in [0.25, 0.3) is 6.08 Å². The first kappa shape index (κ1) is 27.4. The van der Waals surface area contributed by atoms with Crippen molar-refractivity contribution >= 4 is 51.9 Å². The SMILES string of the molecule is COC(=O)c1c(NC(=O)COC(=O)C=Cc2ccc(OCc3ccccc3Cl)cc2)sc2c1CCC(C)C2. The predicted molar refractivity (Wildman–Crippen MR) is 148 cm³/mol. The van der Waals surface area contributed by atoms with Gasteiger partial charge in [0, 0.05) is 21.5 Å². The fraction of sp³-hybridized carbons (Fsp3) is 0.276. The first-order valence-electron chi connectivity index (χ1n) is 12.2. The van der Waals surface area contributed by atoms with Crippen LogP contribution in [0.1, 0.15) is 45.3 Å². The lowest BCUT2D eigenvalue weighted by Gasteiger charge is -2.18. The van der Waals surface area contributed by atoms with Gasteiger partial charge in [-0.15, -0.1) is 11.3 Å². The lowest BCUT2D eigenvalue weighted by molar-refractivity contribution is -0.142. The third-order valence-electron chi connectivity index (χ3n) is 6.14. The van der Waals surface area contributed by atoms with Gasteiger partial charge in [-0.25, -0.2) is 9.59 Å². The number of anilines is 1. The summed E-state index contributed by atoms with van der Waals surface area (Å²) in [5.74, 6) is -0.486. The van der Waals surface area contributed by atoms with Gasteiger partial charge in [0.2, 0.25) is 0 Å². The van der Waals surface area contributed by atoms with E-state index < -0.39 is 24.5 Å².